The number of para-hydroxylation sites is 2. The van der Waals surface area contributed by atoms with Gasteiger partial charge in [-0.1, -0.05) is 36.4 Å². The molecule has 3 aromatic carbocycles. The van der Waals surface area contributed by atoms with Gasteiger partial charge < -0.3 is 14.5 Å². The van der Waals surface area contributed by atoms with Crippen LogP contribution in [-0.2, 0) is 16.0 Å². The van der Waals surface area contributed by atoms with E-state index in [0.29, 0.717) is 24.5 Å². The Morgan fingerprint density at radius 3 is 2.33 bits per heavy atom. The summed E-state index contributed by atoms with van der Waals surface area (Å²) in [6.07, 6.45) is 0.220. The highest BCUT2D eigenvalue weighted by Gasteiger charge is 2.63. The minimum Gasteiger partial charge on any atom is -0.497 e. The molecule has 3 heterocycles. The molecule has 2 fully saturated rings. The van der Waals surface area contributed by atoms with E-state index in [-0.39, 0.29) is 6.42 Å². The number of ether oxygens (including phenoxy) is 1. The Balaban J connectivity index is 1.47. The molecule has 3 aromatic rings. The average Bonchev–Trinajstić information content (AvgIpc) is 2.92. The Labute approximate surface area is 209 Å². The summed E-state index contributed by atoms with van der Waals surface area (Å²) in [6.45, 7) is 1.87. The summed E-state index contributed by atoms with van der Waals surface area (Å²) < 4.78 is 5.23. The van der Waals surface area contributed by atoms with Gasteiger partial charge in [-0.3, -0.25) is 14.9 Å². The van der Waals surface area contributed by atoms with Gasteiger partial charge in [0.2, 0.25) is 5.91 Å². The van der Waals surface area contributed by atoms with Crippen LogP contribution in [0.4, 0.5) is 21.9 Å². The summed E-state index contributed by atoms with van der Waals surface area (Å²) in [5, 5.41) is 2.52. The topological polar surface area (TPSA) is 82.2 Å². The van der Waals surface area contributed by atoms with Crippen LogP contribution in [0.2, 0.25) is 0 Å². The molecule has 0 bridgehead atoms. The van der Waals surface area contributed by atoms with Crippen LogP contribution in [0.3, 0.4) is 0 Å². The van der Waals surface area contributed by atoms with E-state index in [2.05, 4.69) is 15.1 Å². The molecule has 1 N–H and O–H groups in total. The fourth-order valence-electron chi connectivity index (χ4n) is 5.79. The number of methoxy groups -OCH3 is 1. The summed E-state index contributed by atoms with van der Waals surface area (Å²) in [6, 6.07) is 23.4. The van der Waals surface area contributed by atoms with Crippen molar-refractivity contribution in [3.8, 4) is 5.75 Å². The highest BCUT2D eigenvalue weighted by Crippen LogP contribution is 2.46. The third-order valence-corrected chi connectivity index (χ3v) is 7.58. The minimum absolute atomic E-state index is 0.220. The molecule has 6 rings (SSSR count). The van der Waals surface area contributed by atoms with Crippen LogP contribution in [-0.4, -0.2) is 50.6 Å². The Kier molecular flexibility index (Phi) is 5.17. The maximum atomic E-state index is 14.4. The molecular weight excluding hydrogens is 456 g/mol. The lowest BCUT2D eigenvalue weighted by molar-refractivity contribution is -0.144. The van der Waals surface area contributed by atoms with Crippen LogP contribution >= 0.6 is 0 Å². The fraction of sp³-hybridized carbons (Fsp3) is 0.250. The minimum atomic E-state index is -1.46. The number of rotatable bonds is 3. The van der Waals surface area contributed by atoms with Gasteiger partial charge in [-0.25, -0.2) is 9.69 Å². The van der Waals surface area contributed by atoms with Crippen LogP contribution in [0, 0.1) is 5.41 Å². The van der Waals surface area contributed by atoms with E-state index in [9.17, 15) is 14.4 Å². The summed E-state index contributed by atoms with van der Waals surface area (Å²) in [7, 11) is 1.55. The number of nitrogens with zero attached hydrogens (tertiary/aromatic N) is 3. The third kappa shape index (κ3) is 3.25. The molecule has 2 saturated heterocycles. The number of carbonyl (C=O) groups excluding carboxylic acids is 3. The molecule has 0 aromatic heterocycles. The number of barbiturate groups is 1. The lowest BCUT2D eigenvalue weighted by Crippen LogP contribution is -2.75. The van der Waals surface area contributed by atoms with Crippen molar-refractivity contribution < 1.29 is 19.1 Å². The summed E-state index contributed by atoms with van der Waals surface area (Å²) in [5.74, 6) is -0.430. The van der Waals surface area contributed by atoms with Gasteiger partial charge in [-0.15, -0.1) is 0 Å². The van der Waals surface area contributed by atoms with Gasteiger partial charge in [-0.05, 0) is 54.4 Å². The second kappa shape index (κ2) is 8.41. The zero-order valence-corrected chi connectivity index (χ0v) is 19.9. The van der Waals surface area contributed by atoms with Crippen molar-refractivity contribution in [1.29, 1.82) is 0 Å². The summed E-state index contributed by atoms with van der Waals surface area (Å²) in [4.78, 5) is 46.6. The van der Waals surface area contributed by atoms with Crippen LogP contribution in [0.1, 0.15) is 5.56 Å². The molecule has 36 heavy (non-hydrogen) atoms. The van der Waals surface area contributed by atoms with Crippen molar-refractivity contribution in [3.63, 3.8) is 0 Å². The van der Waals surface area contributed by atoms with E-state index in [4.69, 9.17) is 4.74 Å². The number of nitrogens with one attached hydrogen (secondary N) is 1. The van der Waals surface area contributed by atoms with Crippen LogP contribution in [0.25, 0.3) is 0 Å². The van der Waals surface area contributed by atoms with Crippen molar-refractivity contribution in [2.24, 2.45) is 5.41 Å². The number of amides is 4. The number of hydrogen-bond donors (Lipinski definition) is 1. The zero-order chi connectivity index (χ0) is 24.9. The molecule has 0 saturated carbocycles. The predicted molar refractivity (Wildman–Crippen MR) is 136 cm³/mol. The Hall–Kier alpha value is -4.33. The van der Waals surface area contributed by atoms with Gasteiger partial charge in [-0.2, -0.15) is 0 Å². The summed E-state index contributed by atoms with van der Waals surface area (Å²) >= 11 is 0. The van der Waals surface area contributed by atoms with Crippen molar-refractivity contribution in [2.45, 2.75) is 12.5 Å². The monoisotopic (exact) mass is 482 g/mol. The molecule has 0 unspecified atom stereocenters. The Bertz CT molecular complexity index is 1340. The first-order chi connectivity index (χ1) is 17.5. The SMILES string of the molecule is COc1ccc(N2C(=O)NC(=O)[C@]3(Cc4ccccc4N4CCN(c5ccccc5)C[C@H]43)C2=O)cc1. The van der Waals surface area contributed by atoms with E-state index in [1.807, 2.05) is 54.6 Å². The molecule has 4 amide bonds. The molecule has 0 radical (unpaired) electrons. The third-order valence-electron chi connectivity index (χ3n) is 7.58. The molecule has 2 atom stereocenters. The number of fused-ring (bicyclic) bond motifs is 4. The van der Waals surface area contributed by atoms with E-state index < -0.39 is 29.3 Å². The van der Waals surface area contributed by atoms with Crippen molar-refractivity contribution in [1.82, 2.24) is 5.32 Å². The fourth-order valence-corrected chi connectivity index (χ4v) is 5.79. The lowest BCUT2D eigenvalue weighted by Gasteiger charge is -2.55. The smallest absolute Gasteiger partial charge is 0.335 e. The Morgan fingerprint density at radius 2 is 1.58 bits per heavy atom. The van der Waals surface area contributed by atoms with Crippen LogP contribution in [0.5, 0.6) is 5.75 Å². The maximum absolute atomic E-state index is 14.4. The van der Waals surface area contributed by atoms with Crippen molar-refractivity contribution >= 4 is 34.9 Å². The normalized spacial score (nSPS) is 23.3. The quantitative estimate of drug-likeness (QED) is 0.578. The van der Waals surface area contributed by atoms with Gasteiger partial charge in [0.05, 0.1) is 18.8 Å². The highest BCUT2D eigenvalue weighted by molar-refractivity contribution is 6.30. The average molecular weight is 483 g/mol. The van der Waals surface area contributed by atoms with Gasteiger partial charge in [0.25, 0.3) is 5.91 Å². The molecule has 0 aliphatic carbocycles. The van der Waals surface area contributed by atoms with Crippen molar-refractivity contribution in [2.75, 3.05) is 41.4 Å². The predicted octanol–water partition coefficient (Wildman–Crippen LogP) is 3.22. The van der Waals surface area contributed by atoms with Crippen LogP contribution < -0.4 is 24.8 Å². The van der Waals surface area contributed by atoms with E-state index in [1.165, 1.54) is 0 Å². The zero-order valence-electron chi connectivity index (χ0n) is 19.9. The number of imide groups is 2. The molecule has 3 aliphatic rings. The Morgan fingerprint density at radius 1 is 0.861 bits per heavy atom. The van der Waals surface area contributed by atoms with Gasteiger partial charge in [0, 0.05) is 31.0 Å². The number of urea groups is 1. The maximum Gasteiger partial charge on any atom is 0.335 e. The van der Waals surface area contributed by atoms with Gasteiger partial charge in [0.15, 0.2) is 5.41 Å². The molecule has 3 aliphatic heterocycles. The summed E-state index contributed by atoms with van der Waals surface area (Å²) in [5.41, 5.74) is 1.93. The van der Waals surface area contributed by atoms with Gasteiger partial charge in [0.1, 0.15) is 5.75 Å². The first kappa shape index (κ1) is 22.2. The van der Waals surface area contributed by atoms with E-state index in [1.54, 1.807) is 31.4 Å². The standard InChI is InChI=1S/C28H26N4O4/c1-36-22-13-11-21(12-14-22)32-26(34)28(25(33)29-27(32)35)17-19-7-5-6-10-23(19)31-16-15-30(18-24(28)31)20-8-3-2-4-9-20/h2-14,24H,15-18H2,1H3,(H,29,33,35)/t24-,28+/m0/s1. The first-order valence-electron chi connectivity index (χ1n) is 12.0. The number of piperazine rings is 1. The number of benzene rings is 3. The second-order valence-corrected chi connectivity index (χ2v) is 9.37. The second-order valence-electron chi connectivity index (χ2n) is 9.37. The van der Waals surface area contributed by atoms with E-state index in [0.717, 1.165) is 28.4 Å². The highest BCUT2D eigenvalue weighted by atomic mass is 16.5. The van der Waals surface area contributed by atoms with Gasteiger partial charge >= 0.3 is 6.03 Å². The first-order valence-corrected chi connectivity index (χ1v) is 12.0. The number of anilines is 3. The molecule has 8 nitrogen and oxygen atoms in total. The van der Waals surface area contributed by atoms with Crippen LogP contribution in [0.15, 0.2) is 78.9 Å². The number of carbonyl (C=O) groups is 3. The molecular formula is C28H26N4O4. The lowest BCUT2D eigenvalue weighted by atomic mass is 9.67. The number of hydrogen-bond acceptors (Lipinski definition) is 6. The molecule has 1 spiro atoms. The molecule has 182 valence electrons. The van der Waals surface area contributed by atoms with E-state index >= 15 is 0 Å². The van der Waals surface area contributed by atoms with Crippen molar-refractivity contribution in [3.05, 3.63) is 84.4 Å². The largest absolute Gasteiger partial charge is 0.497 e. The molecule has 8 heteroatoms.